The summed E-state index contributed by atoms with van der Waals surface area (Å²) in [5.41, 5.74) is 7.81. The van der Waals surface area contributed by atoms with E-state index in [9.17, 15) is 4.39 Å². The molecule has 1 unspecified atom stereocenters. The lowest BCUT2D eigenvalue weighted by Crippen LogP contribution is -2.36. The summed E-state index contributed by atoms with van der Waals surface area (Å²) in [5, 5.41) is 0. The van der Waals surface area contributed by atoms with Crippen LogP contribution in [0.25, 0.3) is 0 Å². The number of likely N-dealkylation sites (tertiary alicyclic amines) is 1. The van der Waals surface area contributed by atoms with Gasteiger partial charge in [0.25, 0.3) is 0 Å². The quantitative estimate of drug-likeness (QED) is 0.892. The Morgan fingerprint density at radius 1 is 1.29 bits per heavy atom. The van der Waals surface area contributed by atoms with Crippen LogP contribution < -0.4 is 5.73 Å². The maximum atomic E-state index is 13.6. The number of hydrogen-bond acceptors (Lipinski definition) is 2. The Labute approximate surface area is 128 Å². The SMILES string of the molecule is Cc1ccc(C(N)CCN2CCC(C(C)C)CC2)cc1F. The molecule has 1 aliphatic heterocycles. The van der Waals surface area contributed by atoms with Crippen LogP contribution >= 0.6 is 0 Å². The van der Waals surface area contributed by atoms with Crippen molar-refractivity contribution in [3.8, 4) is 0 Å². The van der Waals surface area contributed by atoms with Crippen molar-refractivity contribution < 1.29 is 4.39 Å². The van der Waals surface area contributed by atoms with Crippen LogP contribution in [0.1, 0.15) is 50.3 Å². The largest absolute Gasteiger partial charge is 0.324 e. The second-order valence-electron chi connectivity index (χ2n) is 6.83. The van der Waals surface area contributed by atoms with E-state index in [4.69, 9.17) is 5.73 Å². The highest BCUT2D eigenvalue weighted by Crippen LogP contribution is 2.25. The van der Waals surface area contributed by atoms with E-state index in [0.717, 1.165) is 30.4 Å². The number of rotatable bonds is 5. The lowest BCUT2D eigenvalue weighted by molar-refractivity contribution is 0.154. The summed E-state index contributed by atoms with van der Waals surface area (Å²) in [6.45, 7) is 9.80. The highest BCUT2D eigenvalue weighted by molar-refractivity contribution is 5.25. The summed E-state index contributed by atoms with van der Waals surface area (Å²) in [5.74, 6) is 1.52. The van der Waals surface area contributed by atoms with Gasteiger partial charge in [-0.1, -0.05) is 26.0 Å². The third-order valence-corrected chi connectivity index (χ3v) is 4.96. The van der Waals surface area contributed by atoms with Gasteiger partial charge in [-0.15, -0.1) is 0 Å². The number of hydrogen-bond donors (Lipinski definition) is 1. The van der Waals surface area contributed by atoms with Crippen molar-refractivity contribution in [3.63, 3.8) is 0 Å². The van der Waals surface area contributed by atoms with Gasteiger partial charge < -0.3 is 10.6 Å². The van der Waals surface area contributed by atoms with E-state index in [0.29, 0.717) is 5.56 Å². The first-order valence-electron chi connectivity index (χ1n) is 8.21. The van der Waals surface area contributed by atoms with E-state index in [1.807, 2.05) is 12.1 Å². The molecule has 1 saturated heterocycles. The molecule has 0 spiro atoms. The van der Waals surface area contributed by atoms with Crippen LogP contribution in [0, 0.1) is 24.6 Å². The fraction of sp³-hybridized carbons (Fsp3) is 0.667. The van der Waals surface area contributed by atoms with Gasteiger partial charge in [0, 0.05) is 6.04 Å². The second-order valence-corrected chi connectivity index (χ2v) is 6.83. The minimum atomic E-state index is -0.152. The second kappa shape index (κ2) is 7.37. The standard InChI is InChI=1S/C18H29FN2/c1-13(2)15-6-9-21(10-7-15)11-8-18(20)16-5-4-14(3)17(19)12-16/h4-5,12-13,15,18H,6-11,20H2,1-3H3. The Bertz CT molecular complexity index is 451. The number of aryl methyl sites for hydroxylation is 1. The van der Waals surface area contributed by atoms with Crippen LogP contribution in [0.2, 0.25) is 0 Å². The number of benzene rings is 1. The molecule has 1 fully saturated rings. The van der Waals surface area contributed by atoms with Crippen molar-refractivity contribution >= 4 is 0 Å². The molecule has 0 bridgehead atoms. The summed E-state index contributed by atoms with van der Waals surface area (Å²) < 4.78 is 13.6. The Balaban J connectivity index is 1.79. The highest BCUT2D eigenvalue weighted by Gasteiger charge is 2.21. The maximum Gasteiger partial charge on any atom is 0.126 e. The van der Waals surface area contributed by atoms with Crippen LogP contribution in [0.4, 0.5) is 4.39 Å². The molecule has 1 aromatic rings. The van der Waals surface area contributed by atoms with Gasteiger partial charge in [0.1, 0.15) is 5.82 Å². The molecule has 0 amide bonds. The predicted molar refractivity (Wildman–Crippen MR) is 86.7 cm³/mol. The minimum Gasteiger partial charge on any atom is -0.324 e. The van der Waals surface area contributed by atoms with E-state index in [-0.39, 0.29) is 11.9 Å². The van der Waals surface area contributed by atoms with E-state index in [1.54, 1.807) is 13.0 Å². The van der Waals surface area contributed by atoms with E-state index >= 15 is 0 Å². The zero-order valence-electron chi connectivity index (χ0n) is 13.6. The molecule has 1 heterocycles. The minimum absolute atomic E-state index is 0.0667. The lowest BCUT2D eigenvalue weighted by atomic mass is 9.86. The van der Waals surface area contributed by atoms with Crippen LogP contribution in [-0.4, -0.2) is 24.5 Å². The smallest absolute Gasteiger partial charge is 0.126 e. The van der Waals surface area contributed by atoms with E-state index in [1.165, 1.54) is 25.9 Å². The molecule has 0 aromatic heterocycles. The molecule has 0 saturated carbocycles. The molecule has 2 rings (SSSR count). The zero-order valence-corrected chi connectivity index (χ0v) is 13.6. The maximum absolute atomic E-state index is 13.6. The van der Waals surface area contributed by atoms with Gasteiger partial charge in [-0.05, 0) is 74.8 Å². The Kier molecular flexibility index (Phi) is 5.77. The Morgan fingerprint density at radius 2 is 1.95 bits per heavy atom. The topological polar surface area (TPSA) is 29.3 Å². The first-order valence-corrected chi connectivity index (χ1v) is 8.21. The molecule has 2 nitrogen and oxygen atoms in total. The first kappa shape index (κ1) is 16.4. The average Bonchev–Trinajstić information content (AvgIpc) is 2.48. The van der Waals surface area contributed by atoms with Gasteiger partial charge in [0.15, 0.2) is 0 Å². The summed E-state index contributed by atoms with van der Waals surface area (Å²) in [6, 6.07) is 5.29. The molecule has 1 aliphatic rings. The Hall–Kier alpha value is -0.930. The van der Waals surface area contributed by atoms with Gasteiger partial charge in [-0.25, -0.2) is 4.39 Å². The molecule has 2 N–H and O–H groups in total. The molecule has 0 radical (unpaired) electrons. The average molecular weight is 292 g/mol. The van der Waals surface area contributed by atoms with Gasteiger partial charge in [-0.3, -0.25) is 0 Å². The first-order chi connectivity index (χ1) is 9.97. The molecule has 1 aromatic carbocycles. The summed E-state index contributed by atoms with van der Waals surface area (Å²) >= 11 is 0. The van der Waals surface area contributed by atoms with E-state index in [2.05, 4.69) is 18.7 Å². The number of piperidine rings is 1. The number of halogens is 1. The summed E-state index contributed by atoms with van der Waals surface area (Å²) in [4.78, 5) is 2.50. The predicted octanol–water partition coefficient (Wildman–Crippen LogP) is 3.89. The number of nitrogens with zero attached hydrogens (tertiary/aromatic N) is 1. The molecular formula is C18H29FN2. The van der Waals surface area contributed by atoms with Crippen LogP contribution in [0.5, 0.6) is 0 Å². The third-order valence-electron chi connectivity index (χ3n) is 4.96. The van der Waals surface area contributed by atoms with E-state index < -0.39 is 0 Å². The van der Waals surface area contributed by atoms with Crippen LogP contribution in [-0.2, 0) is 0 Å². The van der Waals surface area contributed by atoms with Crippen molar-refractivity contribution in [1.29, 1.82) is 0 Å². The van der Waals surface area contributed by atoms with Gasteiger partial charge in [0.05, 0.1) is 0 Å². The molecule has 118 valence electrons. The zero-order chi connectivity index (χ0) is 15.4. The van der Waals surface area contributed by atoms with Crippen molar-refractivity contribution in [2.75, 3.05) is 19.6 Å². The fourth-order valence-corrected chi connectivity index (χ4v) is 3.17. The van der Waals surface area contributed by atoms with Gasteiger partial charge >= 0.3 is 0 Å². The van der Waals surface area contributed by atoms with Crippen molar-refractivity contribution in [3.05, 3.63) is 35.1 Å². The third kappa shape index (κ3) is 4.52. The van der Waals surface area contributed by atoms with Crippen LogP contribution in [0.3, 0.4) is 0 Å². The number of nitrogens with two attached hydrogens (primary N) is 1. The van der Waals surface area contributed by atoms with Gasteiger partial charge in [0.2, 0.25) is 0 Å². The normalized spacial score (nSPS) is 19.1. The molecule has 1 atom stereocenters. The highest BCUT2D eigenvalue weighted by atomic mass is 19.1. The Morgan fingerprint density at radius 3 is 2.52 bits per heavy atom. The van der Waals surface area contributed by atoms with Crippen molar-refractivity contribution in [2.24, 2.45) is 17.6 Å². The fourth-order valence-electron chi connectivity index (χ4n) is 3.17. The molecule has 0 aliphatic carbocycles. The van der Waals surface area contributed by atoms with Crippen molar-refractivity contribution in [2.45, 2.75) is 46.1 Å². The summed E-state index contributed by atoms with van der Waals surface area (Å²) in [7, 11) is 0. The lowest BCUT2D eigenvalue weighted by Gasteiger charge is -2.34. The van der Waals surface area contributed by atoms with Crippen LogP contribution in [0.15, 0.2) is 18.2 Å². The summed E-state index contributed by atoms with van der Waals surface area (Å²) in [6.07, 6.45) is 3.49. The molecular weight excluding hydrogens is 263 g/mol. The van der Waals surface area contributed by atoms with Crippen molar-refractivity contribution in [1.82, 2.24) is 4.90 Å². The molecule has 3 heteroatoms. The molecule has 21 heavy (non-hydrogen) atoms. The monoisotopic (exact) mass is 292 g/mol. The van der Waals surface area contributed by atoms with Gasteiger partial charge in [-0.2, -0.15) is 0 Å².